The molecule has 3 aliphatic heterocycles. The number of halogens is 1. The summed E-state index contributed by atoms with van der Waals surface area (Å²) in [6.45, 7) is 7.46. The monoisotopic (exact) mass is 456 g/mol. The second kappa shape index (κ2) is 8.04. The number of H-pyrrole nitrogens is 1. The van der Waals surface area contributed by atoms with E-state index in [0.717, 1.165) is 28.0 Å². The third-order valence-corrected chi connectivity index (χ3v) is 7.70. The van der Waals surface area contributed by atoms with E-state index in [1.54, 1.807) is 18.3 Å². The van der Waals surface area contributed by atoms with Crippen molar-refractivity contribution in [3.8, 4) is 0 Å². The fourth-order valence-electron chi connectivity index (χ4n) is 4.85. The summed E-state index contributed by atoms with van der Waals surface area (Å²) in [6.07, 6.45) is 5.61. The molecule has 0 aliphatic carbocycles. The number of carbonyl (C=O) groups excluding carboxylic acids is 1. The number of aromatic amines is 1. The number of aromatic nitrogens is 1. The lowest BCUT2D eigenvalue weighted by molar-refractivity contribution is 0.0577. The zero-order valence-electron chi connectivity index (χ0n) is 18.8. The Labute approximate surface area is 191 Å². The van der Waals surface area contributed by atoms with Crippen LogP contribution in [0.25, 0.3) is 15.8 Å². The van der Waals surface area contributed by atoms with Gasteiger partial charge >= 0.3 is 0 Å². The first kappa shape index (κ1) is 21.2. The standard InChI is InChI=1S/C23H29FN6OS/c1-12(2)19-20(14-7-13(3)22-26-11-27-30(22)10-14)28-16-8-18(32-21(16)19)23(31)29(4)17-5-6-25-9-15(17)24/h7-8,10-12,15,17,22,25,28H,5-6,9H2,1-4H3,(H,26,27)/t15-,17+,22?/m0/s1. The molecule has 5 heterocycles. The minimum atomic E-state index is -1.04. The first-order valence-electron chi connectivity index (χ1n) is 11.1. The quantitative estimate of drug-likeness (QED) is 0.657. The number of nitrogens with zero attached hydrogens (tertiary/aromatic N) is 3. The molecule has 9 heteroatoms. The van der Waals surface area contributed by atoms with Gasteiger partial charge in [-0.3, -0.25) is 4.79 Å². The van der Waals surface area contributed by atoms with Crippen molar-refractivity contribution >= 4 is 39.4 Å². The Bertz CT molecular complexity index is 1140. The van der Waals surface area contributed by atoms with E-state index >= 15 is 0 Å². The molecule has 3 atom stereocenters. The molecule has 0 bridgehead atoms. The number of nitrogens with one attached hydrogen (secondary N) is 3. The molecule has 1 unspecified atom stereocenters. The number of hydrogen-bond donors (Lipinski definition) is 3. The summed E-state index contributed by atoms with van der Waals surface area (Å²) in [5.41, 5.74) is 5.47. The topological polar surface area (TPSA) is 75.8 Å². The number of amides is 1. The van der Waals surface area contributed by atoms with E-state index in [2.05, 4.69) is 47.6 Å². The number of carbonyl (C=O) groups is 1. The molecule has 0 radical (unpaired) electrons. The van der Waals surface area contributed by atoms with Crippen LogP contribution in [-0.4, -0.2) is 65.7 Å². The molecule has 0 aromatic carbocycles. The Morgan fingerprint density at radius 1 is 1.41 bits per heavy atom. The molecule has 2 aromatic heterocycles. The number of allylic oxidation sites excluding steroid dienone is 2. The average Bonchev–Trinajstić information content (AvgIpc) is 3.46. The van der Waals surface area contributed by atoms with Crippen molar-refractivity contribution in [1.82, 2.24) is 25.5 Å². The summed E-state index contributed by atoms with van der Waals surface area (Å²) in [5, 5.41) is 12.6. The van der Waals surface area contributed by atoms with Crippen molar-refractivity contribution in [3.63, 3.8) is 0 Å². The van der Waals surface area contributed by atoms with E-state index in [1.165, 1.54) is 22.5 Å². The Balaban J connectivity index is 1.49. The van der Waals surface area contributed by atoms with Gasteiger partial charge in [-0.2, -0.15) is 5.10 Å². The van der Waals surface area contributed by atoms with Crippen molar-refractivity contribution in [2.75, 3.05) is 20.1 Å². The molecule has 32 heavy (non-hydrogen) atoms. The Morgan fingerprint density at radius 2 is 2.22 bits per heavy atom. The number of hydrogen-bond acceptors (Lipinski definition) is 6. The number of piperidine rings is 1. The molecule has 170 valence electrons. The van der Waals surface area contributed by atoms with Crippen LogP contribution in [0.3, 0.4) is 0 Å². The van der Waals surface area contributed by atoms with Gasteiger partial charge in [-0.25, -0.2) is 9.40 Å². The summed E-state index contributed by atoms with van der Waals surface area (Å²) < 4.78 is 15.5. The van der Waals surface area contributed by atoms with E-state index in [-0.39, 0.29) is 24.0 Å². The summed E-state index contributed by atoms with van der Waals surface area (Å²) in [7, 11) is 1.72. The van der Waals surface area contributed by atoms with Crippen molar-refractivity contribution in [3.05, 3.63) is 40.0 Å². The van der Waals surface area contributed by atoms with Crippen LogP contribution in [0.2, 0.25) is 0 Å². The van der Waals surface area contributed by atoms with Crippen molar-refractivity contribution in [2.45, 2.75) is 51.5 Å². The van der Waals surface area contributed by atoms with Crippen molar-refractivity contribution in [2.24, 2.45) is 5.10 Å². The Hall–Kier alpha value is -2.65. The van der Waals surface area contributed by atoms with Gasteiger partial charge in [-0.05, 0) is 49.1 Å². The smallest absolute Gasteiger partial charge is 0.264 e. The molecule has 7 nitrogen and oxygen atoms in total. The highest BCUT2D eigenvalue weighted by atomic mass is 32.1. The predicted octanol–water partition coefficient (Wildman–Crippen LogP) is 3.60. The van der Waals surface area contributed by atoms with Gasteiger partial charge in [0, 0.05) is 25.4 Å². The lowest BCUT2D eigenvalue weighted by Crippen LogP contribution is -2.51. The number of hydrazone groups is 1. The maximum absolute atomic E-state index is 14.4. The lowest BCUT2D eigenvalue weighted by atomic mass is 9.96. The zero-order valence-corrected chi connectivity index (χ0v) is 19.6. The van der Waals surface area contributed by atoms with E-state index < -0.39 is 6.17 Å². The summed E-state index contributed by atoms with van der Waals surface area (Å²) in [6, 6.07) is 1.54. The van der Waals surface area contributed by atoms with E-state index in [9.17, 15) is 9.18 Å². The lowest BCUT2D eigenvalue weighted by Gasteiger charge is -2.34. The van der Waals surface area contributed by atoms with Crippen LogP contribution < -0.4 is 10.6 Å². The fraction of sp³-hybridized carbons (Fsp3) is 0.478. The van der Waals surface area contributed by atoms with Gasteiger partial charge in [0.05, 0.1) is 26.8 Å². The van der Waals surface area contributed by atoms with Gasteiger partial charge in [0.1, 0.15) is 18.7 Å². The zero-order chi connectivity index (χ0) is 22.6. The normalized spacial score (nSPS) is 25.1. The van der Waals surface area contributed by atoms with Gasteiger partial charge in [0.15, 0.2) is 0 Å². The fourth-order valence-corrected chi connectivity index (χ4v) is 6.15. The van der Waals surface area contributed by atoms with Gasteiger partial charge < -0.3 is 20.5 Å². The molecular formula is C23H29FN6OS. The molecule has 1 fully saturated rings. The Kier molecular flexibility index (Phi) is 5.33. The van der Waals surface area contributed by atoms with Crippen LogP contribution in [0.5, 0.6) is 0 Å². The van der Waals surface area contributed by atoms with Crippen molar-refractivity contribution in [1.29, 1.82) is 0 Å². The van der Waals surface area contributed by atoms with Crippen LogP contribution in [0.1, 0.15) is 54.0 Å². The molecule has 1 saturated heterocycles. The third kappa shape index (κ3) is 3.44. The first-order valence-corrected chi connectivity index (χ1v) is 11.9. The van der Waals surface area contributed by atoms with Gasteiger partial charge in [-0.15, -0.1) is 11.3 Å². The summed E-state index contributed by atoms with van der Waals surface area (Å²) >= 11 is 1.49. The molecule has 0 spiro atoms. The summed E-state index contributed by atoms with van der Waals surface area (Å²) in [4.78, 5) is 19.0. The third-order valence-electron chi connectivity index (χ3n) is 6.55. The first-order chi connectivity index (χ1) is 15.3. The van der Waals surface area contributed by atoms with Crippen LogP contribution in [-0.2, 0) is 0 Å². The predicted molar refractivity (Wildman–Crippen MR) is 128 cm³/mol. The summed E-state index contributed by atoms with van der Waals surface area (Å²) in [5.74, 6) is 0.156. The second-order valence-corrected chi connectivity index (χ2v) is 10.1. The van der Waals surface area contributed by atoms with E-state index in [0.29, 0.717) is 17.8 Å². The maximum atomic E-state index is 14.4. The highest BCUT2D eigenvalue weighted by Crippen LogP contribution is 2.40. The molecule has 3 aliphatic rings. The Morgan fingerprint density at radius 3 is 2.97 bits per heavy atom. The minimum Gasteiger partial charge on any atom is -0.354 e. The van der Waals surface area contributed by atoms with Gasteiger partial charge in [-0.1, -0.05) is 13.8 Å². The van der Waals surface area contributed by atoms with Crippen LogP contribution in [0.15, 0.2) is 29.0 Å². The van der Waals surface area contributed by atoms with Crippen LogP contribution in [0, 0.1) is 0 Å². The average molecular weight is 457 g/mol. The maximum Gasteiger partial charge on any atom is 0.264 e. The molecule has 2 aromatic rings. The minimum absolute atomic E-state index is 0.0754. The molecule has 0 saturated carbocycles. The van der Waals surface area contributed by atoms with E-state index in [1.807, 2.05) is 17.3 Å². The highest BCUT2D eigenvalue weighted by Gasteiger charge is 2.33. The molecular weight excluding hydrogens is 427 g/mol. The SMILES string of the molecule is CC1=CC(c2[nH]c3cc(C(=O)N(C)[C@@H]4CCNC[C@@H]4F)sc3c2C(C)C)=CN2N=CNC12. The largest absolute Gasteiger partial charge is 0.354 e. The molecule has 1 amide bonds. The highest BCUT2D eigenvalue weighted by molar-refractivity contribution is 7.21. The van der Waals surface area contributed by atoms with Gasteiger partial charge in [0.25, 0.3) is 5.91 Å². The number of fused-ring (bicyclic) bond motifs is 2. The van der Waals surface area contributed by atoms with E-state index in [4.69, 9.17) is 0 Å². The molecule has 5 rings (SSSR count). The number of rotatable bonds is 4. The number of thiophene rings is 1. The van der Waals surface area contributed by atoms with Crippen LogP contribution in [0.4, 0.5) is 4.39 Å². The molecule has 3 N–H and O–H groups in total. The van der Waals surface area contributed by atoms with Gasteiger partial charge in [0.2, 0.25) is 0 Å². The van der Waals surface area contributed by atoms with Crippen molar-refractivity contribution < 1.29 is 9.18 Å². The number of alkyl halides is 1. The van der Waals surface area contributed by atoms with Crippen LogP contribution >= 0.6 is 11.3 Å². The second-order valence-electron chi connectivity index (χ2n) is 9.08.